The predicted octanol–water partition coefficient (Wildman–Crippen LogP) is 5.88. The van der Waals surface area contributed by atoms with Crippen molar-refractivity contribution in [3.8, 4) is 22.4 Å². The monoisotopic (exact) mass is 361 g/mol. The molecule has 26 heavy (non-hydrogen) atoms. The summed E-state index contributed by atoms with van der Waals surface area (Å²) in [4.78, 5) is 4.15. The summed E-state index contributed by atoms with van der Waals surface area (Å²) in [6.07, 6.45) is -3.22. The average molecular weight is 361 g/mol. The summed E-state index contributed by atoms with van der Waals surface area (Å²) < 4.78 is 70.2. The van der Waals surface area contributed by atoms with Gasteiger partial charge in [-0.15, -0.1) is 0 Å². The zero-order chi connectivity index (χ0) is 18.7. The molecule has 1 heterocycles. The molecule has 1 aliphatic rings. The first-order valence-electron chi connectivity index (χ1n) is 7.86. The molecule has 0 radical (unpaired) electrons. The third-order valence-corrected chi connectivity index (χ3v) is 4.93. The Morgan fingerprint density at radius 2 is 1.69 bits per heavy atom. The van der Waals surface area contributed by atoms with E-state index in [1.165, 1.54) is 18.3 Å². The molecule has 3 aromatic rings. The van der Waals surface area contributed by atoms with Crippen LogP contribution in [0, 0.1) is 11.6 Å². The molecule has 0 saturated carbocycles. The van der Waals surface area contributed by atoms with E-state index in [-0.39, 0.29) is 16.7 Å². The van der Waals surface area contributed by atoms with Crippen LogP contribution in [0.3, 0.4) is 0 Å². The van der Waals surface area contributed by atoms with E-state index in [9.17, 15) is 22.0 Å². The second-order valence-electron chi connectivity index (χ2n) is 6.41. The van der Waals surface area contributed by atoms with E-state index in [1.807, 2.05) is 0 Å². The molecular formula is C20H12F5N. The van der Waals surface area contributed by atoms with Crippen molar-refractivity contribution in [2.75, 3.05) is 0 Å². The highest BCUT2D eigenvalue weighted by Gasteiger charge is 2.59. The maximum atomic E-state index is 14.4. The summed E-state index contributed by atoms with van der Waals surface area (Å²) in [5.41, 5.74) is -2.12. The number of halogens is 5. The third kappa shape index (κ3) is 2.18. The Kier molecular flexibility index (Phi) is 3.45. The van der Waals surface area contributed by atoms with Gasteiger partial charge in [-0.1, -0.05) is 18.2 Å². The quantitative estimate of drug-likeness (QED) is 0.494. The Labute approximate surface area is 146 Å². The van der Waals surface area contributed by atoms with E-state index < -0.39 is 28.8 Å². The highest BCUT2D eigenvalue weighted by Crippen LogP contribution is 2.57. The minimum atomic E-state index is -4.76. The van der Waals surface area contributed by atoms with Gasteiger partial charge in [0, 0.05) is 23.4 Å². The van der Waals surface area contributed by atoms with Crippen LogP contribution in [0.1, 0.15) is 18.1 Å². The first-order valence-corrected chi connectivity index (χ1v) is 7.86. The van der Waals surface area contributed by atoms with Gasteiger partial charge in [0.05, 0.1) is 5.69 Å². The SMILES string of the molecule is CC1(C(F)(F)F)c2cc(-c3ccccn3)ccc2-c2cc(F)cc(F)c21. The lowest BCUT2D eigenvalue weighted by Gasteiger charge is -2.30. The van der Waals surface area contributed by atoms with Gasteiger partial charge in [0.2, 0.25) is 0 Å². The summed E-state index contributed by atoms with van der Waals surface area (Å²) in [5, 5.41) is 0. The maximum Gasteiger partial charge on any atom is 0.402 e. The number of aromatic nitrogens is 1. The van der Waals surface area contributed by atoms with Crippen LogP contribution in [0.15, 0.2) is 54.7 Å². The largest absolute Gasteiger partial charge is 0.402 e. The molecule has 1 atom stereocenters. The first kappa shape index (κ1) is 16.7. The van der Waals surface area contributed by atoms with Crippen molar-refractivity contribution in [1.82, 2.24) is 4.98 Å². The maximum absolute atomic E-state index is 14.4. The van der Waals surface area contributed by atoms with Gasteiger partial charge >= 0.3 is 6.18 Å². The van der Waals surface area contributed by atoms with Gasteiger partial charge in [0.15, 0.2) is 0 Å². The Morgan fingerprint density at radius 1 is 0.923 bits per heavy atom. The van der Waals surface area contributed by atoms with E-state index in [4.69, 9.17) is 0 Å². The Hall–Kier alpha value is -2.76. The van der Waals surface area contributed by atoms with Crippen LogP contribution >= 0.6 is 0 Å². The Morgan fingerprint density at radius 3 is 2.35 bits per heavy atom. The molecule has 0 amide bonds. The lowest BCUT2D eigenvalue weighted by atomic mass is 9.78. The highest BCUT2D eigenvalue weighted by molar-refractivity contribution is 5.84. The van der Waals surface area contributed by atoms with Gasteiger partial charge in [0.1, 0.15) is 17.0 Å². The second kappa shape index (κ2) is 5.37. The summed E-state index contributed by atoms with van der Waals surface area (Å²) >= 11 is 0. The molecule has 4 rings (SSSR count). The van der Waals surface area contributed by atoms with Crippen molar-refractivity contribution in [2.45, 2.75) is 18.5 Å². The second-order valence-corrected chi connectivity index (χ2v) is 6.41. The molecule has 1 unspecified atom stereocenters. The van der Waals surface area contributed by atoms with E-state index in [2.05, 4.69) is 4.98 Å². The molecular weight excluding hydrogens is 349 g/mol. The van der Waals surface area contributed by atoms with Gasteiger partial charge in [0.25, 0.3) is 0 Å². The van der Waals surface area contributed by atoms with Crippen LogP contribution in [0.25, 0.3) is 22.4 Å². The molecule has 2 aromatic carbocycles. The topological polar surface area (TPSA) is 12.9 Å². The predicted molar refractivity (Wildman–Crippen MR) is 87.5 cm³/mol. The van der Waals surface area contributed by atoms with Crippen LogP contribution < -0.4 is 0 Å². The number of fused-ring (bicyclic) bond motifs is 3. The molecule has 0 fully saturated rings. The van der Waals surface area contributed by atoms with Gasteiger partial charge in [-0.05, 0) is 47.9 Å². The molecule has 132 valence electrons. The molecule has 1 aromatic heterocycles. The average Bonchev–Trinajstić information content (AvgIpc) is 2.85. The van der Waals surface area contributed by atoms with E-state index in [1.54, 1.807) is 24.3 Å². The third-order valence-electron chi connectivity index (χ3n) is 4.93. The number of alkyl halides is 3. The molecule has 0 N–H and O–H groups in total. The summed E-state index contributed by atoms with van der Waals surface area (Å²) in [7, 11) is 0. The normalized spacial score (nSPS) is 18.5. The summed E-state index contributed by atoms with van der Waals surface area (Å²) in [6.45, 7) is 0.931. The molecule has 6 heteroatoms. The van der Waals surface area contributed by atoms with Gasteiger partial charge < -0.3 is 0 Å². The Balaban J connectivity index is 2.05. The first-order chi connectivity index (χ1) is 12.2. The number of pyridine rings is 1. The van der Waals surface area contributed by atoms with Crippen molar-refractivity contribution < 1.29 is 22.0 Å². The van der Waals surface area contributed by atoms with Crippen LogP contribution in [0.4, 0.5) is 22.0 Å². The fourth-order valence-electron chi connectivity index (χ4n) is 3.61. The highest BCUT2D eigenvalue weighted by atomic mass is 19.4. The lowest BCUT2D eigenvalue weighted by molar-refractivity contribution is -0.172. The molecule has 0 spiro atoms. The van der Waals surface area contributed by atoms with Crippen LogP contribution in [0.2, 0.25) is 0 Å². The van der Waals surface area contributed by atoms with Crippen LogP contribution in [-0.4, -0.2) is 11.2 Å². The number of benzene rings is 2. The van der Waals surface area contributed by atoms with Gasteiger partial charge in [-0.3, -0.25) is 4.98 Å². The minimum absolute atomic E-state index is 0.0649. The van der Waals surface area contributed by atoms with Crippen molar-refractivity contribution in [3.63, 3.8) is 0 Å². The Bertz CT molecular complexity index is 1010. The van der Waals surface area contributed by atoms with Crippen molar-refractivity contribution in [3.05, 3.63) is 77.5 Å². The minimum Gasteiger partial charge on any atom is -0.256 e. The summed E-state index contributed by atoms with van der Waals surface area (Å²) in [5.74, 6) is -2.11. The fourth-order valence-corrected chi connectivity index (χ4v) is 3.61. The fraction of sp³-hybridized carbons (Fsp3) is 0.150. The van der Waals surface area contributed by atoms with Gasteiger partial charge in [-0.25, -0.2) is 8.78 Å². The zero-order valence-corrected chi connectivity index (χ0v) is 13.5. The van der Waals surface area contributed by atoms with E-state index in [0.29, 0.717) is 17.3 Å². The molecule has 0 bridgehead atoms. The molecule has 0 aliphatic heterocycles. The molecule has 0 saturated heterocycles. The van der Waals surface area contributed by atoms with Crippen molar-refractivity contribution >= 4 is 0 Å². The molecule has 1 nitrogen and oxygen atoms in total. The number of rotatable bonds is 1. The standard InChI is InChI=1S/C20H12F5N/c1-19(20(23,24)25)15-8-11(17-4-2-3-7-26-17)5-6-13(15)14-9-12(21)10-16(22)18(14)19/h2-10H,1H3. The van der Waals surface area contributed by atoms with E-state index >= 15 is 0 Å². The number of hydrogen-bond acceptors (Lipinski definition) is 1. The molecule has 1 aliphatic carbocycles. The van der Waals surface area contributed by atoms with Crippen molar-refractivity contribution in [2.24, 2.45) is 0 Å². The van der Waals surface area contributed by atoms with E-state index in [0.717, 1.165) is 13.0 Å². The zero-order valence-electron chi connectivity index (χ0n) is 13.5. The van der Waals surface area contributed by atoms with Crippen LogP contribution in [-0.2, 0) is 5.41 Å². The number of hydrogen-bond donors (Lipinski definition) is 0. The summed E-state index contributed by atoms with van der Waals surface area (Å²) in [6, 6.07) is 11.0. The lowest BCUT2D eigenvalue weighted by Crippen LogP contribution is -2.39. The number of nitrogens with zero attached hydrogens (tertiary/aromatic N) is 1. The van der Waals surface area contributed by atoms with Gasteiger partial charge in [-0.2, -0.15) is 13.2 Å². The van der Waals surface area contributed by atoms with Crippen LogP contribution in [0.5, 0.6) is 0 Å². The smallest absolute Gasteiger partial charge is 0.256 e. The van der Waals surface area contributed by atoms with Crippen molar-refractivity contribution in [1.29, 1.82) is 0 Å².